The second-order valence-corrected chi connectivity index (χ2v) is 10.1. The fourth-order valence-corrected chi connectivity index (χ4v) is 5.43. The van der Waals surface area contributed by atoms with Gasteiger partial charge in [0.1, 0.15) is 5.75 Å². The minimum Gasteiger partial charge on any atom is -0.406 e. The number of ether oxygens (including phenoxy) is 1. The molecule has 35 heavy (non-hydrogen) atoms. The second-order valence-electron chi connectivity index (χ2n) is 10.1. The van der Waals surface area contributed by atoms with Gasteiger partial charge in [0.15, 0.2) is 0 Å². The summed E-state index contributed by atoms with van der Waals surface area (Å²) >= 11 is 0. The summed E-state index contributed by atoms with van der Waals surface area (Å²) in [6.45, 7) is 6.69. The summed E-state index contributed by atoms with van der Waals surface area (Å²) in [5, 5.41) is 14.7. The molecule has 10 heteroatoms. The number of nitrogens with zero attached hydrogens (tertiary/aromatic N) is 4. The van der Waals surface area contributed by atoms with Crippen molar-refractivity contribution in [1.29, 1.82) is 0 Å². The maximum Gasteiger partial charge on any atom is 0.573 e. The molecule has 0 spiro atoms. The lowest BCUT2D eigenvalue weighted by Crippen LogP contribution is -2.46. The van der Waals surface area contributed by atoms with E-state index in [9.17, 15) is 23.1 Å². The van der Waals surface area contributed by atoms with Crippen LogP contribution < -0.4 is 4.74 Å². The summed E-state index contributed by atoms with van der Waals surface area (Å²) in [5.74, 6) is 0.0459. The molecule has 0 radical (unpaired) electrons. The summed E-state index contributed by atoms with van der Waals surface area (Å²) in [7, 11) is 0. The van der Waals surface area contributed by atoms with Gasteiger partial charge in [-0.05, 0) is 50.7 Å². The van der Waals surface area contributed by atoms with Gasteiger partial charge in [-0.2, -0.15) is 5.10 Å². The van der Waals surface area contributed by atoms with Gasteiger partial charge in [0, 0.05) is 44.2 Å². The van der Waals surface area contributed by atoms with Crippen LogP contribution in [-0.2, 0) is 0 Å². The van der Waals surface area contributed by atoms with E-state index in [4.69, 9.17) is 0 Å². The van der Waals surface area contributed by atoms with Crippen LogP contribution >= 0.6 is 0 Å². The fraction of sp³-hybridized carbons (Fsp3) is 0.600. The number of carbonyl (C=O) groups excluding carboxylic acids is 1. The largest absolute Gasteiger partial charge is 0.573 e. The number of aliphatic hydroxyl groups is 1. The van der Waals surface area contributed by atoms with E-state index in [1.165, 1.54) is 18.2 Å². The van der Waals surface area contributed by atoms with Crippen LogP contribution in [0.2, 0.25) is 0 Å². The number of rotatable bonds is 5. The molecule has 1 amide bonds. The van der Waals surface area contributed by atoms with Crippen molar-refractivity contribution in [3.8, 4) is 11.4 Å². The molecule has 190 valence electrons. The molecule has 3 aliphatic rings. The minimum absolute atomic E-state index is 0.0633. The van der Waals surface area contributed by atoms with Crippen molar-refractivity contribution >= 4 is 5.91 Å². The van der Waals surface area contributed by atoms with Crippen LogP contribution in [0.3, 0.4) is 0 Å². The molecule has 1 aromatic heterocycles. The quantitative estimate of drug-likeness (QED) is 0.686. The highest BCUT2D eigenvalue weighted by molar-refractivity contribution is 5.97. The Bertz CT molecular complexity index is 1080. The first kappa shape index (κ1) is 24.1. The van der Waals surface area contributed by atoms with E-state index < -0.39 is 6.36 Å². The highest BCUT2D eigenvalue weighted by Gasteiger charge is 2.39. The van der Waals surface area contributed by atoms with Crippen molar-refractivity contribution in [2.45, 2.75) is 64.0 Å². The molecule has 0 unspecified atom stereocenters. The van der Waals surface area contributed by atoms with Crippen molar-refractivity contribution in [2.24, 2.45) is 5.92 Å². The molecule has 1 aromatic carbocycles. The van der Waals surface area contributed by atoms with Crippen molar-refractivity contribution in [1.82, 2.24) is 19.6 Å². The molecule has 3 fully saturated rings. The zero-order chi connectivity index (χ0) is 24.9. The van der Waals surface area contributed by atoms with Crippen LogP contribution in [-0.4, -0.2) is 75.3 Å². The van der Waals surface area contributed by atoms with Gasteiger partial charge in [-0.15, -0.1) is 13.2 Å². The van der Waals surface area contributed by atoms with Gasteiger partial charge in [-0.3, -0.25) is 9.69 Å². The Kier molecular flexibility index (Phi) is 6.29. The molecule has 2 atom stereocenters. The van der Waals surface area contributed by atoms with Gasteiger partial charge >= 0.3 is 6.36 Å². The van der Waals surface area contributed by atoms with Crippen LogP contribution in [0.4, 0.5) is 13.2 Å². The van der Waals surface area contributed by atoms with E-state index >= 15 is 0 Å². The average Bonchev–Trinajstić information content (AvgIpc) is 3.51. The van der Waals surface area contributed by atoms with Crippen molar-refractivity contribution < 1.29 is 27.8 Å². The predicted molar refractivity (Wildman–Crippen MR) is 123 cm³/mol. The molecule has 1 aliphatic carbocycles. The molecule has 5 rings (SSSR count). The Labute approximate surface area is 202 Å². The number of benzene rings is 1. The number of β-amino-alcohol motifs (C(OH)–C–C–N with tert-alkyl or cyclic N) is 1. The topological polar surface area (TPSA) is 70.8 Å². The third kappa shape index (κ3) is 5.04. The third-order valence-electron chi connectivity index (χ3n) is 7.44. The molecular formula is C25H31F3N4O3. The van der Waals surface area contributed by atoms with Crippen LogP contribution in [0.25, 0.3) is 5.69 Å². The molecule has 1 saturated carbocycles. The predicted octanol–water partition coefficient (Wildman–Crippen LogP) is 3.87. The number of piperidine rings is 1. The molecule has 3 heterocycles. The number of aromatic nitrogens is 2. The molecule has 2 aliphatic heterocycles. The number of carbonyl (C=O) groups is 1. The van der Waals surface area contributed by atoms with Gasteiger partial charge in [0.25, 0.3) is 5.91 Å². The Morgan fingerprint density at radius 1 is 1.14 bits per heavy atom. The van der Waals surface area contributed by atoms with E-state index in [1.54, 1.807) is 17.7 Å². The Morgan fingerprint density at radius 2 is 1.86 bits per heavy atom. The Balaban J connectivity index is 1.36. The number of hydrogen-bond acceptors (Lipinski definition) is 5. The first-order chi connectivity index (χ1) is 16.6. The standard InChI is InChI=1S/C25H31F3N4O3/c1-15-13-31(14-21(15)33)18-8-10-30(11-9-18)24(34)22-16(2)29-32(23(22)17-6-7-17)19-4-3-5-20(12-19)35-25(26,27)28/h3-5,12,15,17-18,21,33H,6-11,13-14H2,1-2H3/t15-,21-/m1/s1. The van der Waals surface area contributed by atoms with Crippen LogP contribution in [0.15, 0.2) is 24.3 Å². The molecular weight excluding hydrogens is 461 g/mol. The first-order valence-corrected chi connectivity index (χ1v) is 12.3. The van der Waals surface area contributed by atoms with Gasteiger partial charge in [0.05, 0.1) is 28.7 Å². The minimum atomic E-state index is -4.78. The maximum absolute atomic E-state index is 13.7. The molecule has 1 N–H and O–H groups in total. The SMILES string of the molecule is Cc1nn(-c2cccc(OC(F)(F)F)c2)c(C2CC2)c1C(=O)N1CCC(N2C[C@@H](C)[C@H](O)C2)CC1. The maximum atomic E-state index is 13.7. The molecule has 0 bridgehead atoms. The lowest BCUT2D eigenvalue weighted by Gasteiger charge is -2.36. The summed E-state index contributed by atoms with van der Waals surface area (Å²) in [6.07, 6.45) is -1.52. The third-order valence-corrected chi connectivity index (χ3v) is 7.44. The van der Waals surface area contributed by atoms with E-state index in [2.05, 4.69) is 21.7 Å². The number of likely N-dealkylation sites (tertiary alicyclic amines) is 2. The molecule has 2 saturated heterocycles. The number of hydrogen-bond donors (Lipinski definition) is 1. The van der Waals surface area contributed by atoms with E-state index in [1.807, 2.05) is 4.90 Å². The summed E-state index contributed by atoms with van der Waals surface area (Å²) in [5.41, 5.74) is 2.36. The van der Waals surface area contributed by atoms with Crippen LogP contribution in [0, 0.1) is 12.8 Å². The Morgan fingerprint density at radius 3 is 2.46 bits per heavy atom. The summed E-state index contributed by atoms with van der Waals surface area (Å²) in [6, 6.07) is 6.08. The van der Waals surface area contributed by atoms with E-state index in [0.29, 0.717) is 42.6 Å². The highest BCUT2D eigenvalue weighted by Crippen LogP contribution is 2.44. The number of amides is 1. The van der Waals surface area contributed by atoms with E-state index in [-0.39, 0.29) is 29.6 Å². The summed E-state index contributed by atoms with van der Waals surface area (Å²) < 4.78 is 43.9. The lowest BCUT2D eigenvalue weighted by molar-refractivity contribution is -0.274. The number of aryl methyl sites for hydroxylation is 1. The van der Waals surface area contributed by atoms with Crippen LogP contribution in [0.5, 0.6) is 5.75 Å². The van der Waals surface area contributed by atoms with Gasteiger partial charge < -0.3 is 14.7 Å². The number of halogens is 3. The van der Waals surface area contributed by atoms with E-state index in [0.717, 1.165) is 37.9 Å². The molecule has 2 aromatic rings. The second kappa shape index (κ2) is 9.13. The number of aliphatic hydroxyl groups excluding tert-OH is 1. The van der Waals surface area contributed by atoms with Gasteiger partial charge in [-0.1, -0.05) is 13.0 Å². The smallest absolute Gasteiger partial charge is 0.406 e. The monoisotopic (exact) mass is 492 g/mol. The highest BCUT2D eigenvalue weighted by atomic mass is 19.4. The average molecular weight is 493 g/mol. The zero-order valence-corrected chi connectivity index (χ0v) is 20.0. The lowest BCUT2D eigenvalue weighted by atomic mass is 10.0. The van der Waals surface area contributed by atoms with Crippen molar-refractivity contribution in [2.75, 3.05) is 26.2 Å². The zero-order valence-electron chi connectivity index (χ0n) is 20.0. The summed E-state index contributed by atoms with van der Waals surface area (Å²) in [4.78, 5) is 17.9. The normalized spacial score (nSPS) is 24.2. The van der Waals surface area contributed by atoms with Crippen molar-refractivity contribution in [3.63, 3.8) is 0 Å². The van der Waals surface area contributed by atoms with Crippen LogP contribution in [0.1, 0.15) is 60.3 Å². The van der Waals surface area contributed by atoms with Gasteiger partial charge in [0.2, 0.25) is 0 Å². The number of alkyl halides is 3. The molecule has 7 nitrogen and oxygen atoms in total. The first-order valence-electron chi connectivity index (χ1n) is 12.3. The Hall–Kier alpha value is -2.59. The fourth-order valence-electron chi connectivity index (χ4n) is 5.43. The van der Waals surface area contributed by atoms with Crippen molar-refractivity contribution in [3.05, 3.63) is 41.2 Å². The van der Waals surface area contributed by atoms with Gasteiger partial charge in [-0.25, -0.2) is 4.68 Å².